The molecule has 0 bridgehead atoms. The fourth-order valence-electron chi connectivity index (χ4n) is 6.18. The molecule has 0 saturated carbocycles. The summed E-state index contributed by atoms with van der Waals surface area (Å²) in [5, 5.41) is 6.13. The molecular formula is C40H26O. The summed E-state index contributed by atoms with van der Waals surface area (Å²) in [6.45, 7) is 0. The van der Waals surface area contributed by atoms with Crippen molar-refractivity contribution < 1.29 is 4.42 Å². The average Bonchev–Trinajstić information content (AvgIpc) is 3.48. The third-order valence-electron chi connectivity index (χ3n) is 8.05. The molecule has 1 heteroatoms. The molecule has 8 rings (SSSR count). The van der Waals surface area contributed by atoms with Gasteiger partial charge in [0.15, 0.2) is 0 Å². The highest BCUT2D eigenvalue weighted by molar-refractivity contribution is 6.21. The Morgan fingerprint density at radius 2 is 0.829 bits per heavy atom. The van der Waals surface area contributed by atoms with Crippen molar-refractivity contribution in [3.8, 4) is 44.7 Å². The van der Waals surface area contributed by atoms with E-state index in [0.29, 0.717) is 0 Å². The first-order valence-corrected chi connectivity index (χ1v) is 14.0. The van der Waals surface area contributed by atoms with Crippen molar-refractivity contribution in [2.24, 2.45) is 0 Å². The van der Waals surface area contributed by atoms with Crippen LogP contribution in [0.2, 0.25) is 0 Å². The molecule has 0 fully saturated rings. The molecule has 0 N–H and O–H groups in total. The van der Waals surface area contributed by atoms with Gasteiger partial charge < -0.3 is 4.42 Å². The monoisotopic (exact) mass is 522 g/mol. The quantitative estimate of drug-likeness (QED) is 0.210. The molecule has 0 aliphatic carbocycles. The van der Waals surface area contributed by atoms with Crippen molar-refractivity contribution in [1.29, 1.82) is 0 Å². The molecule has 0 radical (unpaired) electrons. The lowest BCUT2D eigenvalue weighted by Crippen LogP contribution is -1.90. The van der Waals surface area contributed by atoms with Crippen LogP contribution < -0.4 is 0 Å². The Kier molecular flexibility index (Phi) is 5.53. The maximum Gasteiger partial charge on any atom is 0.135 e. The number of furan rings is 1. The van der Waals surface area contributed by atoms with Crippen molar-refractivity contribution >= 4 is 32.5 Å². The molecule has 41 heavy (non-hydrogen) atoms. The molecule has 0 saturated heterocycles. The summed E-state index contributed by atoms with van der Waals surface area (Å²) >= 11 is 0. The van der Waals surface area contributed by atoms with E-state index < -0.39 is 0 Å². The standard InChI is InChI=1S/C40H26O/c1-3-12-27(13-4-1)29-16-11-17-30(24-29)38-26-32-25-31(22-23-37(32)41-38)40-35-20-9-7-18-33(35)39(28-14-5-2-6-15-28)34-19-8-10-21-36(34)40/h1-26H. The summed E-state index contributed by atoms with van der Waals surface area (Å²) in [6, 6.07) is 56.1. The fourth-order valence-corrected chi connectivity index (χ4v) is 6.18. The zero-order valence-corrected chi connectivity index (χ0v) is 22.4. The van der Waals surface area contributed by atoms with E-state index in [2.05, 4.69) is 152 Å². The van der Waals surface area contributed by atoms with E-state index in [9.17, 15) is 0 Å². The molecule has 192 valence electrons. The van der Waals surface area contributed by atoms with E-state index in [1.807, 2.05) is 6.07 Å². The van der Waals surface area contributed by atoms with Crippen molar-refractivity contribution in [3.05, 3.63) is 158 Å². The van der Waals surface area contributed by atoms with Crippen LogP contribution in [0.1, 0.15) is 0 Å². The lowest BCUT2D eigenvalue weighted by molar-refractivity contribution is 0.631. The second-order valence-electron chi connectivity index (χ2n) is 10.5. The Morgan fingerprint density at radius 1 is 0.317 bits per heavy atom. The molecular weight excluding hydrogens is 496 g/mol. The van der Waals surface area contributed by atoms with Crippen LogP contribution in [-0.4, -0.2) is 0 Å². The summed E-state index contributed by atoms with van der Waals surface area (Å²) in [7, 11) is 0. The van der Waals surface area contributed by atoms with Gasteiger partial charge >= 0.3 is 0 Å². The van der Waals surface area contributed by atoms with Crippen LogP contribution in [0, 0.1) is 0 Å². The number of fused-ring (bicyclic) bond motifs is 3. The van der Waals surface area contributed by atoms with E-state index in [-0.39, 0.29) is 0 Å². The highest BCUT2D eigenvalue weighted by Crippen LogP contribution is 2.44. The van der Waals surface area contributed by atoms with Crippen LogP contribution in [0.15, 0.2) is 162 Å². The first-order valence-electron chi connectivity index (χ1n) is 14.0. The Hall–Kier alpha value is -5.40. The van der Waals surface area contributed by atoms with Gasteiger partial charge in [-0.25, -0.2) is 0 Å². The predicted molar refractivity (Wildman–Crippen MR) is 173 cm³/mol. The van der Waals surface area contributed by atoms with E-state index in [1.54, 1.807) is 0 Å². The van der Waals surface area contributed by atoms with Crippen LogP contribution in [0.25, 0.3) is 77.2 Å². The normalized spacial score (nSPS) is 11.4. The van der Waals surface area contributed by atoms with Crippen molar-refractivity contribution in [2.45, 2.75) is 0 Å². The Bertz CT molecular complexity index is 2130. The van der Waals surface area contributed by atoms with Crippen LogP contribution in [0.3, 0.4) is 0 Å². The fraction of sp³-hybridized carbons (Fsp3) is 0. The SMILES string of the molecule is c1ccc(-c2cccc(-c3cc4cc(-c5c6ccccc6c(-c6ccccc6)c6ccccc56)ccc4o3)c2)cc1. The van der Waals surface area contributed by atoms with E-state index in [1.165, 1.54) is 54.9 Å². The van der Waals surface area contributed by atoms with Crippen molar-refractivity contribution in [2.75, 3.05) is 0 Å². The van der Waals surface area contributed by atoms with Gasteiger partial charge in [0.2, 0.25) is 0 Å². The maximum atomic E-state index is 6.39. The minimum absolute atomic E-state index is 0.879. The maximum absolute atomic E-state index is 6.39. The first kappa shape index (κ1) is 23.5. The van der Waals surface area contributed by atoms with Crippen molar-refractivity contribution in [1.82, 2.24) is 0 Å². The van der Waals surface area contributed by atoms with Crippen molar-refractivity contribution in [3.63, 3.8) is 0 Å². The zero-order chi connectivity index (χ0) is 27.2. The third kappa shape index (κ3) is 4.02. The van der Waals surface area contributed by atoms with Crippen LogP contribution in [0.5, 0.6) is 0 Å². The summed E-state index contributed by atoms with van der Waals surface area (Å²) in [4.78, 5) is 0. The molecule has 8 aromatic rings. The van der Waals surface area contributed by atoms with Crippen LogP contribution >= 0.6 is 0 Å². The van der Waals surface area contributed by atoms with E-state index in [0.717, 1.165) is 22.3 Å². The van der Waals surface area contributed by atoms with Gasteiger partial charge in [-0.05, 0) is 79.2 Å². The first-order chi connectivity index (χ1) is 20.3. The molecule has 1 nitrogen and oxygen atoms in total. The van der Waals surface area contributed by atoms with Crippen LogP contribution in [-0.2, 0) is 0 Å². The molecule has 1 aromatic heterocycles. The summed E-state index contributed by atoms with van der Waals surface area (Å²) in [5.41, 5.74) is 9.31. The number of rotatable bonds is 4. The average molecular weight is 523 g/mol. The van der Waals surface area contributed by atoms with Gasteiger partial charge in [-0.3, -0.25) is 0 Å². The summed E-state index contributed by atoms with van der Waals surface area (Å²) in [6.07, 6.45) is 0. The number of benzene rings is 7. The molecule has 0 spiro atoms. The molecule has 0 aliphatic rings. The molecule has 0 amide bonds. The van der Waals surface area contributed by atoms with Gasteiger partial charge in [0, 0.05) is 10.9 Å². The highest BCUT2D eigenvalue weighted by atomic mass is 16.3. The molecule has 0 atom stereocenters. The van der Waals surface area contributed by atoms with E-state index in [4.69, 9.17) is 4.42 Å². The molecule has 0 aliphatic heterocycles. The minimum Gasteiger partial charge on any atom is -0.456 e. The largest absolute Gasteiger partial charge is 0.456 e. The second kappa shape index (κ2) is 9.66. The summed E-state index contributed by atoms with van der Waals surface area (Å²) < 4.78 is 6.39. The number of hydrogen-bond acceptors (Lipinski definition) is 1. The molecule has 1 heterocycles. The lowest BCUT2D eigenvalue weighted by Gasteiger charge is -2.17. The third-order valence-corrected chi connectivity index (χ3v) is 8.05. The molecule has 7 aromatic carbocycles. The molecule has 0 unspecified atom stereocenters. The Labute approximate surface area is 238 Å². The van der Waals surface area contributed by atoms with Gasteiger partial charge in [-0.1, -0.05) is 133 Å². The van der Waals surface area contributed by atoms with Gasteiger partial charge in [0.1, 0.15) is 11.3 Å². The Balaban J connectivity index is 1.31. The summed E-state index contributed by atoms with van der Waals surface area (Å²) in [5.74, 6) is 0.879. The smallest absolute Gasteiger partial charge is 0.135 e. The van der Waals surface area contributed by atoms with Crippen LogP contribution in [0.4, 0.5) is 0 Å². The lowest BCUT2D eigenvalue weighted by atomic mass is 9.86. The second-order valence-corrected chi connectivity index (χ2v) is 10.5. The van der Waals surface area contributed by atoms with Gasteiger partial charge in [0.05, 0.1) is 0 Å². The predicted octanol–water partition coefficient (Wildman–Crippen LogP) is 11.4. The zero-order valence-electron chi connectivity index (χ0n) is 22.4. The topological polar surface area (TPSA) is 13.1 Å². The Morgan fingerprint density at radius 3 is 1.46 bits per heavy atom. The van der Waals surface area contributed by atoms with Gasteiger partial charge in [-0.15, -0.1) is 0 Å². The van der Waals surface area contributed by atoms with E-state index >= 15 is 0 Å². The van der Waals surface area contributed by atoms with Gasteiger partial charge in [-0.2, -0.15) is 0 Å². The van der Waals surface area contributed by atoms with Gasteiger partial charge in [0.25, 0.3) is 0 Å². The minimum atomic E-state index is 0.879. The highest BCUT2D eigenvalue weighted by Gasteiger charge is 2.17. The number of hydrogen-bond donors (Lipinski definition) is 0.